The molecule has 0 amide bonds. The Morgan fingerprint density at radius 2 is 2.00 bits per heavy atom. The summed E-state index contributed by atoms with van der Waals surface area (Å²) in [7, 11) is 0. The third kappa shape index (κ3) is 1.99. The maximum absolute atomic E-state index is 5.82. The molecule has 3 heteroatoms. The Labute approximate surface area is 94.5 Å². The zero-order valence-electron chi connectivity index (χ0n) is 7.83. The van der Waals surface area contributed by atoms with Crippen LogP contribution < -0.4 is 0 Å². The molecule has 2 rings (SSSR count). The molecule has 0 aliphatic carbocycles. The molecule has 0 fully saturated rings. The summed E-state index contributed by atoms with van der Waals surface area (Å²) in [5, 5.41) is 1.16. The lowest BCUT2D eigenvalue weighted by atomic mass is 10.1. The first-order valence-corrected chi connectivity index (χ1v) is 4.76. The van der Waals surface area contributed by atoms with Gasteiger partial charge in [-0.2, -0.15) is 0 Å². The van der Waals surface area contributed by atoms with Crippen LogP contribution in [0.2, 0.25) is 0 Å². The molecule has 0 N–H and O–H groups in total. The van der Waals surface area contributed by atoms with Crippen LogP contribution in [0, 0.1) is 6.92 Å². The molecule has 0 atom stereocenters. The summed E-state index contributed by atoms with van der Waals surface area (Å²) in [6, 6.07) is 10.1. The van der Waals surface area contributed by atoms with Crippen LogP contribution >= 0.6 is 24.0 Å². The molecule has 0 spiro atoms. The lowest BCUT2D eigenvalue weighted by Gasteiger charge is -2.02. The Morgan fingerprint density at radius 1 is 1.21 bits per heavy atom. The number of hydrogen-bond acceptors (Lipinski definition) is 1. The summed E-state index contributed by atoms with van der Waals surface area (Å²) in [5.41, 5.74) is 3.21. The third-order valence-electron chi connectivity index (χ3n) is 2.11. The highest BCUT2D eigenvalue weighted by Crippen LogP contribution is 2.18. The third-order valence-corrected chi connectivity index (χ3v) is 2.39. The minimum absolute atomic E-state index is 0. The van der Waals surface area contributed by atoms with E-state index in [2.05, 4.69) is 11.1 Å². The lowest BCUT2D eigenvalue weighted by molar-refractivity contribution is 1.25. The molecule has 1 heterocycles. The van der Waals surface area contributed by atoms with E-state index in [4.69, 9.17) is 11.6 Å². The van der Waals surface area contributed by atoms with Crippen molar-refractivity contribution >= 4 is 34.9 Å². The van der Waals surface area contributed by atoms with E-state index in [1.165, 1.54) is 0 Å². The molecule has 14 heavy (non-hydrogen) atoms. The highest BCUT2D eigenvalue weighted by atomic mass is 35.5. The molecule has 0 saturated carbocycles. The summed E-state index contributed by atoms with van der Waals surface area (Å²) in [5.74, 6) is 0.544. The number of rotatable bonds is 1. The van der Waals surface area contributed by atoms with E-state index < -0.39 is 0 Å². The van der Waals surface area contributed by atoms with E-state index >= 15 is 0 Å². The van der Waals surface area contributed by atoms with Gasteiger partial charge in [0.15, 0.2) is 0 Å². The van der Waals surface area contributed by atoms with Gasteiger partial charge in [0.05, 0.1) is 5.52 Å². The van der Waals surface area contributed by atoms with Crippen LogP contribution in [-0.4, -0.2) is 4.98 Å². The van der Waals surface area contributed by atoms with Gasteiger partial charge in [0.1, 0.15) is 0 Å². The average Bonchev–Trinajstić information content (AvgIpc) is 2.16. The van der Waals surface area contributed by atoms with Crippen LogP contribution in [-0.2, 0) is 5.88 Å². The SMILES string of the molecule is Cc1ccc2c(CCl)cccc2n1.Cl. The number of alkyl halides is 1. The van der Waals surface area contributed by atoms with E-state index in [0.717, 1.165) is 22.2 Å². The Morgan fingerprint density at radius 3 is 2.71 bits per heavy atom. The quantitative estimate of drug-likeness (QED) is 0.678. The predicted octanol–water partition coefficient (Wildman–Crippen LogP) is 3.70. The maximum atomic E-state index is 5.82. The second-order valence-electron chi connectivity index (χ2n) is 3.07. The van der Waals surface area contributed by atoms with E-state index in [1.54, 1.807) is 0 Å². The van der Waals surface area contributed by atoms with Crippen LogP contribution in [0.5, 0.6) is 0 Å². The fourth-order valence-electron chi connectivity index (χ4n) is 1.44. The number of pyridine rings is 1. The second kappa shape index (κ2) is 4.63. The van der Waals surface area contributed by atoms with Crippen molar-refractivity contribution in [1.29, 1.82) is 0 Å². The van der Waals surface area contributed by atoms with E-state index in [-0.39, 0.29) is 12.4 Å². The van der Waals surface area contributed by atoms with Gasteiger partial charge in [0, 0.05) is 17.0 Å². The number of aromatic nitrogens is 1. The number of nitrogens with zero attached hydrogens (tertiary/aromatic N) is 1. The minimum Gasteiger partial charge on any atom is -0.253 e. The number of hydrogen-bond donors (Lipinski definition) is 0. The molecule has 74 valence electrons. The van der Waals surface area contributed by atoms with Crippen molar-refractivity contribution in [1.82, 2.24) is 4.98 Å². The van der Waals surface area contributed by atoms with Crippen LogP contribution in [0.1, 0.15) is 11.3 Å². The lowest BCUT2D eigenvalue weighted by Crippen LogP contribution is -1.86. The molecule has 0 saturated heterocycles. The molecule has 0 aliphatic heterocycles. The molecule has 2 aromatic rings. The van der Waals surface area contributed by atoms with Crippen LogP contribution in [0.25, 0.3) is 10.9 Å². The summed E-state index contributed by atoms with van der Waals surface area (Å²) in [6.45, 7) is 1.99. The molecule has 1 aromatic carbocycles. The second-order valence-corrected chi connectivity index (χ2v) is 3.34. The first-order valence-electron chi connectivity index (χ1n) is 4.22. The number of fused-ring (bicyclic) bond motifs is 1. The fourth-order valence-corrected chi connectivity index (χ4v) is 1.67. The van der Waals surface area contributed by atoms with E-state index in [9.17, 15) is 0 Å². The Balaban J connectivity index is 0.000000980. The van der Waals surface area contributed by atoms with Gasteiger partial charge in [-0.3, -0.25) is 4.98 Å². The predicted molar refractivity (Wildman–Crippen MR) is 63.3 cm³/mol. The van der Waals surface area contributed by atoms with Crippen molar-refractivity contribution in [3.05, 3.63) is 41.6 Å². The topological polar surface area (TPSA) is 12.9 Å². The van der Waals surface area contributed by atoms with Gasteiger partial charge < -0.3 is 0 Å². The number of halogens is 2. The van der Waals surface area contributed by atoms with Gasteiger partial charge in [0.25, 0.3) is 0 Å². The number of aryl methyl sites for hydroxylation is 1. The van der Waals surface area contributed by atoms with E-state index in [0.29, 0.717) is 5.88 Å². The van der Waals surface area contributed by atoms with Gasteiger partial charge in [-0.05, 0) is 24.6 Å². The first kappa shape index (κ1) is 11.3. The monoisotopic (exact) mass is 227 g/mol. The highest BCUT2D eigenvalue weighted by Gasteiger charge is 1.99. The average molecular weight is 228 g/mol. The molecule has 0 radical (unpaired) electrons. The maximum Gasteiger partial charge on any atom is 0.0708 e. The van der Waals surface area contributed by atoms with Crippen molar-refractivity contribution in [2.75, 3.05) is 0 Å². The fraction of sp³-hybridized carbons (Fsp3) is 0.182. The molecular formula is C11H11Cl2N. The van der Waals surface area contributed by atoms with Crippen LogP contribution in [0.4, 0.5) is 0 Å². The summed E-state index contributed by atoms with van der Waals surface area (Å²) < 4.78 is 0. The number of benzene rings is 1. The van der Waals surface area contributed by atoms with Crippen molar-refractivity contribution in [3.63, 3.8) is 0 Å². The molecule has 1 aromatic heterocycles. The van der Waals surface area contributed by atoms with Crippen LogP contribution in [0.15, 0.2) is 30.3 Å². The highest BCUT2D eigenvalue weighted by molar-refractivity contribution is 6.18. The van der Waals surface area contributed by atoms with E-state index in [1.807, 2.05) is 31.2 Å². The van der Waals surface area contributed by atoms with Gasteiger partial charge in [-0.25, -0.2) is 0 Å². The van der Waals surface area contributed by atoms with Crippen molar-refractivity contribution in [2.45, 2.75) is 12.8 Å². The van der Waals surface area contributed by atoms with Crippen LogP contribution in [0.3, 0.4) is 0 Å². The smallest absolute Gasteiger partial charge is 0.0708 e. The Hall–Kier alpha value is -0.790. The molecule has 0 unspecified atom stereocenters. The molecule has 0 bridgehead atoms. The summed E-state index contributed by atoms with van der Waals surface area (Å²) in [6.07, 6.45) is 0. The van der Waals surface area contributed by atoms with Crippen molar-refractivity contribution in [2.24, 2.45) is 0 Å². The first-order chi connectivity index (χ1) is 6.31. The van der Waals surface area contributed by atoms with Crippen molar-refractivity contribution < 1.29 is 0 Å². The Kier molecular flexibility index (Phi) is 3.73. The summed E-state index contributed by atoms with van der Waals surface area (Å²) >= 11 is 5.82. The van der Waals surface area contributed by atoms with Crippen molar-refractivity contribution in [3.8, 4) is 0 Å². The zero-order chi connectivity index (χ0) is 9.26. The van der Waals surface area contributed by atoms with Gasteiger partial charge >= 0.3 is 0 Å². The largest absolute Gasteiger partial charge is 0.253 e. The minimum atomic E-state index is 0. The standard InChI is InChI=1S/C11H10ClN.ClH/c1-8-5-6-10-9(7-12)3-2-4-11(10)13-8;/h2-6H,7H2,1H3;1H. The normalized spacial score (nSPS) is 9.86. The zero-order valence-corrected chi connectivity index (χ0v) is 9.40. The molecule has 0 aliphatic rings. The molecule has 1 nitrogen and oxygen atoms in total. The van der Waals surface area contributed by atoms with Gasteiger partial charge in [-0.15, -0.1) is 24.0 Å². The van der Waals surface area contributed by atoms with Gasteiger partial charge in [-0.1, -0.05) is 18.2 Å². The summed E-state index contributed by atoms with van der Waals surface area (Å²) in [4.78, 5) is 4.43. The van der Waals surface area contributed by atoms with Gasteiger partial charge in [0.2, 0.25) is 0 Å². The molecular weight excluding hydrogens is 217 g/mol. The Bertz CT molecular complexity index is 440.